The normalized spacial score (nSPS) is 10.9. The molecule has 3 aromatic rings. The van der Waals surface area contributed by atoms with Crippen molar-refractivity contribution < 1.29 is 23.5 Å². The molecule has 1 heterocycles. The minimum Gasteiger partial charge on any atom is -0.493 e. The fourth-order valence-corrected chi connectivity index (χ4v) is 4.17. The molecular formula is C29H35ClN2O5. The molecule has 0 N–H and O–H groups in total. The summed E-state index contributed by atoms with van der Waals surface area (Å²) in [5.74, 6) is 2.59. The summed E-state index contributed by atoms with van der Waals surface area (Å²) < 4.78 is 16.5. The van der Waals surface area contributed by atoms with Gasteiger partial charge < -0.3 is 23.7 Å². The van der Waals surface area contributed by atoms with E-state index in [9.17, 15) is 9.59 Å². The first kappa shape index (κ1) is 28.1. The van der Waals surface area contributed by atoms with Gasteiger partial charge in [-0.15, -0.1) is 0 Å². The van der Waals surface area contributed by atoms with Gasteiger partial charge in [-0.1, -0.05) is 31.5 Å². The lowest BCUT2D eigenvalue weighted by Gasteiger charge is -2.28. The van der Waals surface area contributed by atoms with Crippen LogP contribution in [0.1, 0.15) is 41.3 Å². The van der Waals surface area contributed by atoms with E-state index in [1.807, 2.05) is 51.1 Å². The van der Waals surface area contributed by atoms with Gasteiger partial charge in [0.05, 0.1) is 20.8 Å². The average molecular weight is 527 g/mol. The molecular weight excluding hydrogens is 492 g/mol. The highest BCUT2D eigenvalue weighted by molar-refractivity contribution is 6.30. The minimum atomic E-state index is -0.201. The number of hydrogen-bond donors (Lipinski definition) is 0. The summed E-state index contributed by atoms with van der Waals surface area (Å²) in [7, 11) is 3.19. The number of halogens is 1. The number of aryl methyl sites for hydroxylation is 1. The van der Waals surface area contributed by atoms with Gasteiger partial charge in [0.25, 0.3) is 5.91 Å². The van der Waals surface area contributed by atoms with Crippen molar-refractivity contribution >= 4 is 23.4 Å². The van der Waals surface area contributed by atoms with Gasteiger partial charge in [0.2, 0.25) is 5.91 Å². The monoisotopic (exact) mass is 526 g/mol. The van der Waals surface area contributed by atoms with Crippen molar-refractivity contribution in [2.45, 2.75) is 33.7 Å². The molecule has 8 heteroatoms. The van der Waals surface area contributed by atoms with Gasteiger partial charge in [-0.2, -0.15) is 0 Å². The lowest BCUT2D eigenvalue weighted by molar-refractivity contribution is -0.132. The number of carbonyl (C=O) groups excluding carboxylic acids is 2. The Labute approximate surface area is 223 Å². The smallest absolute Gasteiger partial charge is 0.254 e. The van der Waals surface area contributed by atoms with Crippen molar-refractivity contribution in [2.75, 3.05) is 33.9 Å². The van der Waals surface area contributed by atoms with Gasteiger partial charge in [-0.3, -0.25) is 9.59 Å². The number of furan rings is 1. The molecule has 0 atom stereocenters. The minimum absolute atomic E-state index is 0.0364. The molecule has 0 saturated carbocycles. The van der Waals surface area contributed by atoms with E-state index in [1.165, 1.54) is 0 Å². The molecule has 2 amide bonds. The molecule has 0 aliphatic heterocycles. The van der Waals surface area contributed by atoms with Gasteiger partial charge >= 0.3 is 0 Å². The second-order valence-electron chi connectivity index (χ2n) is 9.35. The summed E-state index contributed by atoms with van der Waals surface area (Å²) in [6, 6.07) is 16.2. The highest BCUT2D eigenvalue weighted by atomic mass is 35.5. The number of rotatable bonds is 12. The summed E-state index contributed by atoms with van der Waals surface area (Å²) in [6.07, 6.45) is 0.598. The van der Waals surface area contributed by atoms with Crippen LogP contribution in [-0.2, 0) is 17.8 Å². The van der Waals surface area contributed by atoms with Crippen LogP contribution in [0.3, 0.4) is 0 Å². The lowest BCUT2D eigenvalue weighted by Crippen LogP contribution is -2.44. The van der Waals surface area contributed by atoms with E-state index < -0.39 is 0 Å². The average Bonchev–Trinajstić information content (AvgIpc) is 3.30. The highest BCUT2D eigenvalue weighted by Gasteiger charge is 2.24. The van der Waals surface area contributed by atoms with E-state index in [0.717, 1.165) is 11.3 Å². The molecule has 0 aliphatic rings. The molecule has 0 spiro atoms. The van der Waals surface area contributed by atoms with Crippen molar-refractivity contribution in [1.82, 2.24) is 9.80 Å². The fourth-order valence-electron chi connectivity index (χ4n) is 4.05. The molecule has 0 unspecified atom stereocenters. The van der Waals surface area contributed by atoms with Crippen molar-refractivity contribution in [3.63, 3.8) is 0 Å². The van der Waals surface area contributed by atoms with Crippen LogP contribution in [0.2, 0.25) is 5.02 Å². The van der Waals surface area contributed by atoms with Crippen molar-refractivity contribution in [3.8, 4) is 11.5 Å². The molecule has 1 aromatic heterocycles. The maximum Gasteiger partial charge on any atom is 0.254 e. The van der Waals surface area contributed by atoms with Crippen molar-refractivity contribution in [2.24, 2.45) is 5.92 Å². The lowest BCUT2D eigenvalue weighted by atomic mass is 10.1. The predicted molar refractivity (Wildman–Crippen MR) is 144 cm³/mol. The Bertz CT molecular complexity index is 1190. The summed E-state index contributed by atoms with van der Waals surface area (Å²) in [5, 5.41) is 0.554. The molecule has 0 aliphatic carbocycles. The Kier molecular flexibility index (Phi) is 10.0. The Morgan fingerprint density at radius 1 is 0.946 bits per heavy atom. The van der Waals surface area contributed by atoms with Gasteiger partial charge in [-0.25, -0.2) is 0 Å². The van der Waals surface area contributed by atoms with Crippen LogP contribution in [0, 0.1) is 12.8 Å². The topological polar surface area (TPSA) is 72.2 Å². The number of benzene rings is 2. The van der Waals surface area contributed by atoms with Gasteiger partial charge in [-0.05, 0) is 73.4 Å². The molecule has 3 rings (SSSR count). The van der Waals surface area contributed by atoms with Crippen molar-refractivity contribution in [3.05, 3.63) is 82.3 Å². The van der Waals surface area contributed by atoms with Crippen LogP contribution < -0.4 is 9.47 Å². The number of nitrogens with zero attached hydrogens (tertiary/aromatic N) is 2. The molecule has 0 saturated heterocycles. The van der Waals surface area contributed by atoms with E-state index >= 15 is 0 Å². The quantitative estimate of drug-likeness (QED) is 0.306. The van der Waals surface area contributed by atoms with E-state index in [0.29, 0.717) is 53.9 Å². The first-order chi connectivity index (χ1) is 17.7. The van der Waals surface area contributed by atoms with Gasteiger partial charge in [0.1, 0.15) is 18.1 Å². The third kappa shape index (κ3) is 8.02. The Balaban J connectivity index is 1.80. The third-order valence-electron chi connectivity index (χ3n) is 5.90. The molecule has 198 valence electrons. The van der Waals surface area contributed by atoms with E-state index in [-0.39, 0.29) is 24.3 Å². The molecule has 37 heavy (non-hydrogen) atoms. The summed E-state index contributed by atoms with van der Waals surface area (Å²) >= 11 is 6.00. The number of ether oxygens (including phenoxy) is 2. The zero-order chi connectivity index (χ0) is 26.9. The highest BCUT2D eigenvalue weighted by Crippen LogP contribution is 2.28. The maximum atomic E-state index is 13.6. The third-order valence-corrected chi connectivity index (χ3v) is 6.16. The Morgan fingerprint density at radius 3 is 2.24 bits per heavy atom. The summed E-state index contributed by atoms with van der Waals surface area (Å²) in [4.78, 5) is 30.2. The zero-order valence-corrected chi connectivity index (χ0v) is 22.9. The fraction of sp³-hybridized carbons (Fsp3) is 0.379. The Morgan fingerprint density at radius 2 is 1.65 bits per heavy atom. The van der Waals surface area contributed by atoms with Crippen molar-refractivity contribution in [1.29, 1.82) is 0 Å². The molecule has 2 aromatic carbocycles. The number of methoxy groups -OCH3 is 2. The number of carbonyl (C=O) groups is 2. The van der Waals surface area contributed by atoms with Crippen LogP contribution in [0.5, 0.6) is 11.5 Å². The molecule has 0 fully saturated rings. The first-order valence-electron chi connectivity index (χ1n) is 12.3. The number of amides is 2. The Hall–Kier alpha value is -3.45. The standard InChI is InChI=1S/C29H35ClN2O5/c1-20(2)17-32(29(34)23-8-10-24(30)11-9-23)19-28(33)31(18-25-12-6-21(3)37-25)15-14-22-7-13-26(35-4)27(16-22)36-5/h6-13,16,20H,14-15,17-19H2,1-5H3. The first-order valence-corrected chi connectivity index (χ1v) is 12.7. The zero-order valence-electron chi connectivity index (χ0n) is 22.1. The molecule has 0 bridgehead atoms. The SMILES string of the molecule is COc1ccc(CCN(Cc2ccc(C)o2)C(=O)CN(CC(C)C)C(=O)c2ccc(Cl)cc2)cc1OC. The second kappa shape index (κ2) is 13.2. The summed E-state index contributed by atoms with van der Waals surface area (Å²) in [6.45, 7) is 7.08. The second-order valence-corrected chi connectivity index (χ2v) is 9.79. The van der Waals surface area contributed by atoms with Gasteiger partial charge in [0, 0.05) is 23.7 Å². The van der Waals surface area contributed by atoms with Crippen LogP contribution in [0.25, 0.3) is 0 Å². The summed E-state index contributed by atoms with van der Waals surface area (Å²) in [5.41, 5.74) is 1.50. The predicted octanol–water partition coefficient (Wildman–Crippen LogP) is 5.63. The molecule has 7 nitrogen and oxygen atoms in total. The number of hydrogen-bond acceptors (Lipinski definition) is 5. The van der Waals surface area contributed by atoms with E-state index in [4.69, 9.17) is 25.5 Å². The van der Waals surface area contributed by atoms with E-state index in [1.54, 1.807) is 48.3 Å². The molecule has 0 radical (unpaired) electrons. The van der Waals surface area contributed by atoms with Crippen LogP contribution in [0.4, 0.5) is 0 Å². The largest absolute Gasteiger partial charge is 0.493 e. The van der Waals surface area contributed by atoms with Crippen LogP contribution in [-0.4, -0.2) is 55.5 Å². The van der Waals surface area contributed by atoms with E-state index in [2.05, 4.69) is 0 Å². The maximum absolute atomic E-state index is 13.6. The van der Waals surface area contributed by atoms with Gasteiger partial charge in [0.15, 0.2) is 11.5 Å². The van der Waals surface area contributed by atoms with Crippen LogP contribution >= 0.6 is 11.6 Å². The van der Waals surface area contributed by atoms with Crippen LogP contribution in [0.15, 0.2) is 59.0 Å².